The Balaban J connectivity index is 1.30. The highest BCUT2D eigenvalue weighted by atomic mass is 16.5. The Labute approximate surface area is 195 Å². The van der Waals surface area contributed by atoms with Gasteiger partial charge in [-0.1, -0.05) is 49.9 Å². The zero-order valence-corrected chi connectivity index (χ0v) is 19.1. The zero-order chi connectivity index (χ0) is 23.0. The average molecular weight is 443 g/mol. The quantitative estimate of drug-likeness (QED) is 0.111. The second-order valence-corrected chi connectivity index (χ2v) is 8.45. The molecule has 3 aromatic rings. The van der Waals surface area contributed by atoms with Crippen molar-refractivity contribution in [2.45, 2.75) is 32.6 Å². The van der Waals surface area contributed by atoms with Gasteiger partial charge in [0.1, 0.15) is 11.5 Å². The predicted octanol–water partition coefficient (Wildman–Crippen LogP) is 6.82. The van der Waals surface area contributed by atoms with Crippen LogP contribution in [0, 0.1) is 5.92 Å². The maximum Gasteiger partial charge on any atom is 0.343 e. The molecule has 0 saturated heterocycles. The fraction of sp³-hybridized carbons (Fsp3) is 0.276. The molecule has 0 aliphatic heterocycles. The number of rotatable bonds is 11. The normalized spacial score (nSPS) is 12.4. The summed E-state index contributed by atoms with van der Waals surface area (Å²) in [4.78, 5) is 12.8. The van der Waals surface area contributed by atoms with Crippen LogP contribution in [0.5, 0.6) is 11.5 Å². The molecular weight excluding hydrogens is 412 g/mol. The summed E-state index contributed by atoms with van der Waals surface area (Å²) in [7, 11) is 0. The molecule has 0 saturated carbocycles. The molecule has 3 aromatic carbocycles. The Bertz CT molecular complexity index is 1100. The maximum atomic E-state index is 12.8. The molecule has 0 fully saturated rings. The Kier molecular flexibility index (Phi) is 7.46. The van der Waals surface area contributed by atoms with E-state index in [1.165, 1.54) is 17.4 Å². The first-order chi connectivity index (χ1) is 16.2. The summed E-state index contributed by atoms with van der Waals surface area (Å²) in [5.74, 6) is 1.58. The number of carbonyl (C=O) groups excluding carboxylic acids is 1. The van der Waals surface area contributed by atoms with Crippen LogP contribution in [0.25, 0.3) is 11.1 Å². The van der Waals surface area contributed by atoms with E-state index in [4.69, 9.17) is 14.2 Å². The summed E-state index contributed by atoms with van der Waals surface area (Å²) < 4.78 is 16.8. The second-order valence-electron chi connectivity index (χ2n) is 8.45. The topological polar surface area (TPSA) is 44.8 Å². The first kappa shape index (κ1) is 22.7. The number of esters is 1. The summed E-state index contributed by atoms with van der Waals surface area (Å²) in [5.41, 5.74) is 5.19. The highest BCUT2D eigenvalue weighted by Crippen LogP contribution is 2.41. The summed E-state index contributed by atoms with van der Waals surface area (Å²) in [6, 6.07) is 21.4. The zero-order valence-electron chi connectivity index (χ0n) is 19.1. The predicted molar refractivity (Wildman–Crippen MR) is 131 cm³/mol. The molecule has 4 nitrogen and oxygen atoms in total. The van der Waals surface area contributed by atoms with Gasteiger partial charge in [0.25, 0.3) is 0 Å². The van der Waals surface area contributed by atoms with Crippen molar-refractivity contribution < 1.29 is 19.0 Å². The molecule has 33 heavy (non-hydrogen) atoms. The second kappa shape index (κ2) is 10.9. The molecule has 0 spiro atoms. The van der Waals surface area contributed by atoms with Gasteiger partial charge in [-0.15, -0.1) is 0 Å². The number of ether oxygens (including phenoxy) is 3. The lowest BCUT2D eigenvalue weighted by Crippen LogP contribution is -2.10. The van der Waals surface area contributed by atoms with Crippen molar-refractivity contribution in [3.63, 3.8) is 0 Å². The van der Waals surface area contributed by atoms with E-state index in [1.807, 2.05) is 36.4 Å². The molecule has 0 aromatic heterocycles. The molecule has 0 heterocycles. The van der Waals surface area contributed by atoms with Gasteiger partial charge in [-0.3, -0.25) is 0 Å². The monoisotopic (exact) mass is 442 g/mol. The van der Waals surface area contributed by atoms with Crippen LogP contribution in [0.2, 0.25) is 0 Å². The van der Waals surface area contributed by atoms with Crippen molar-refractivity contribution in [2.24, 2.45) is 5.92 Å². The van der Waals surface area contributed by atoms with Crippen LogP contribution in [-0.4, -0.2) is 19.2 Å². The fourth-order valence-corrected chi connectivity index (χ4v) is 4.19. The third kappa shape index (κ3) is 5.64. The number of hydrogen-bond donors (Lipinski definition) is 0. The van der Waals surface area contributed by atoms with Gasteiger partial charge < -0.3 is 14.2 Å². The minimum Gasteiger partial charge on any atom is -0.502 e. The summed E-state index contributed by atoms with van der Waals surface area (Å²) in [6.45, 7) is 7.12. The first-order valence-electron chi connectivity index (χ1n) is 11.5. The Morgan fingerprint density at radius 1 is 0.970 bits per heavy atom. The van der Waals surface area contributed by atoms with E-state index in [1.54, 1.807) is 12.1 Å². The van der Waals surface area contributed by atoms with Gasteiger partial charge in [0.05, 0.1) is 25.0 Å². The van der Waals surface area contributed by atoms with Crippen molar-refractivity contribution in [3.05, 3.63) is 96.3 Å². The van der Waals surface area contributed by atoms with Gasteiger partial charge in [-0.05, 0) is 72.2 Å². The summed E-state index contributed by atoms with van der Waals surface area (Å²) in [6.07, 6.45) is 5.34. The Hall–Kier alpha value is -3.53. The van der Waals surface area contributed by atoms with E-state index in [0.717, 1.165) is 42.6 Å². The fourth-order valence-electron chi connectivity index (χ4n) is 4.19. The van der Waals surface area contributed by atoms with Crippen molar-refractivity contribution in [3.8, 4) is 22.6 Å². The van der Waals surface area contributed by atoms with Crippen molar-refractivity contribution >= 4 is 5.97 Å². The van der Waals surface area contributed by atoms with Crippen LogP contribution in [-0.2, 0) is 11.2 Å². The lowest BCUT2D eigenvalue weighted by Gasteiger charge is -2.13. The molecule has 1 aliphatic carbocycles. The van der Waals surface area contributed by atoms with Gasteiger partial charge in [0.2, 0.25) is 0 Å². The molecule has 4 rings (SSSR count). The van der Waals surface area contributed by atoms with Crippen LogP contribution in [0.4, 0.5) is 0 Å². The molecule has 0 radical (unpaired) electrons. The molecule has 0 bridgehead atoms. The molecule has 0 N–H and O–H groups in total. The third-order valence-electron chi connectivity index (χ3n) is 6.06. The molecule has 0 amide bonds. The molecular formula is C29H30O4. The smallest absolute Gasteiger partial charge is 0.343 e. The maximum absolute atomic E-state index is 12.8. The molecule has 1 aliphatic rings. The minimum atomic E-state index is -0.360. The van der Waals surface area contributed by atoms with Crippen LogP contribution in [0.15, 0.2) is 79.6 Å². The highest BCUT2D eigenvalue weighted by molar-refractivity contribution is 5.92. The van der Waals surface area contributed by atoms with E-state index in [-0.39, 0.29) is 5.97 Å². The Morgan fingerprint density at radius 2 is 1.76 bits per heavy atom. The third-order valence-corrected chi connectivity index (χ3v) is 6.06. The van der Waals surface area contributed by atoms with E-state index >= 15 is 0 Å². The SMILES string of the molecule is C=COCCCC(C)CCOc1ccc(C(=O)Oc2cccc3c2Cc2ccccc2-3)cc1. The van der Waals surface area contributed by atoms with Gasteiger partial charge in [0.15, 0.2) is 0 Å². The summed E-state index contributed by atoms with van der Waals surface area (Å²) in [5, 5.41) is 0. The van der Waals surface area contributed by atoms with Crippen LogP contribution < -0.4 is 9.47 Å². The standard InChI is InChI=1S/C29H30O4/c1-3-31-18-7-8-21(2)17-19-32-24-15-13-22(14-16-24)29(30)33-28-12-6-11-26-25-10-5-4-9-23(25)20-27(26)28/h3-6,9-16,21H,1,7-8,17-20H2,2H3. The number of hydrogen-bond acceptors (Lipinski definition) is 4. The molecule has 1 unspecified atom stereocenters. The lowest BCUT2D eigenvalue weighted by atomic mass is 10.0. The molecule has 170 valence electrons. The van der Waals surface area contributed by atoms with Crippen molar-refractivity contribution in [2.75, 3.05) is 13.2 Å². The van der Waals surface area contributed by atoms with Gasteiger partial charge >= 0.3 is 5.97 Å². The first-order valence-corrected chi connectivity index (χ1v) is 11.5. The molecule has 4 heteroatoms. The van der Waals surface area contributed by atoms with E-state index in [9.17, 15) is 4.79 Å². The van der Waals surface area contributed by atoms with E-state index in [2.05, 4.69) is 31.7 Å². The van der Waals surface area contributed by atoms with Gasteiger partial charge in [-0.2, -0.15) is 0 Å². The van der Waals surface area contributed by atoms with Crippen LogP contribution in [0.1, 0.15) is 47.7 Å². The van der Waals surface area contributed by atoms with Gasteiger partial charge in [0, 0.05) is 12.0 Å². The highest BCUT2D eigenvalue weighted by Gasteiger charge is 2.22. The Morgan fingerprint density at radius 3 is 2.58 bits per heavy atom. The average Bonchev–Trinajstić information content (AvgIpc) is 3.22. The van der Waals surface area contributed by atoms with Crippen molar-refractivity contribution in [1.29, 1.82) is 0 Å². The number of carbonyl (C=O) groups is 1. The largest absolute Gasteiger partial charge is 0.502 e. The lowest BCUT2D eigenvalue weighted by molar-refractivity contribution is 0.0733. The van der Waals surface area contributed by atoms with Crippen molar-refractivity contribution in [1.82, 2.24) is 0 Å². The van der Waals surface area contributed by atoms with Crippen LogP contribution in [0.3, 0.4) is 0 Å². The minimum absolute atomic E-state index is 0.360. The van der Waals surface area contributed by atoms with E-state index in [0.29, 0.717) is 30.4 Å². The van der Waals surface area contributed by atoms with Crippen LogP contribution >= 0.6 is 0 Å². The molecule has 1 atom stereocenters. The van der Waals surface area contributed by atoms with E-state index < -0.39 is 0 Å². The van der Waals surface area contributed by atoms with Gasteiger partial charge in [-0.25, -0.2) is 4.79 Å². The number of fused-ring (bicyclic) bond motifs is 3. The number of benzene rings is 3. The summed E-state index contributed by atoms with van der Waals surface area (Å²) >= 11 is 0.